The number of esters is 1. The second kappa shape index (κ2) is 8.89. The first-order chi connectivity index (χ1) is 12.9. The highest BCUT2D eigenvalue weighted by Gasteiger charge is 2.14. The van der Waals surface area contributed by atoms with Crippen molar-refractivity contribution in [1.82, 2.24) is 0 Å². The largest absolute Gasteiger partial charge is 0.482 e. The van der Waals surface area contributed by atoms with E-state index >= 15 is 0 Å². The lowest BCUT2D eigenvalue weighted by Gasteiger charge is -2.11. The Kier molecular flexibility index (Phi) is 6.55. The van der Waals surface area contributed by atoms with E-state index in [0.29, 0.717) is 11.4 Å². The number of carbonyl (C=O) groups is 2. The molecule has 2 aromatic carbocycles. The molecule has 0 aliphatic heterocycles. The van der Waals surface area contributed by atoms with E-state index < -0.39 is 11.9 Å². The zero-order chi connectivity index (χ0) is 19.4. The molecule has 5 nitrogen and oxygen atoms in total. The first-order valence-corrected chi connectivity index (χ1v) is 10.2. The van der Waals surface area contributed by atoms with Gasteiger partial charge in [0.15, 0.2) is 13.2 Å². The number of halogens is 2. The zero-order valence-corrected chi connectivity index (χ0v) is 18.0. The molecule has 27 heavy (non-hydrogen) atoms. The van der Waals surface area contributed by atoms with Crippen LogP contribution in [0.25, 0.3) is 0 Å². The van der Waals surface area contributed by atoms with Crippen LogP contribution in [0.5, 0.6) is 5.75 Å². The van der Waals surface area contributed by atoms with Crippen molar-refractivity contribution >= 4 is 49.4 Å². The molecular formula is C20H19Br2NO4. The molecule has 0 unspecified atom stereocenters. The fraction of sp³-hybridized carbons (Fsp3) is 0.300. The number of hydrogen-bond donors (Lipinski definition) is 1. The Hall–Kier alpha value is -1.86. The first-order valence-electron chi connectivity index (χ1n) is 8.58. The second-order valence-electron chi connectivity index (χ2n) is 6.39. The van der Waals surface area contributed by atoms with Crippen molar-refractivity contribution in [2.75, 3.05) is 18.5 Å². The van der Waals surface area contributed by atoms with Crippen molar-refractivity contribution in [3.8, 4) is 5.75 Å². The van der Waals surface area contributed by atoms with Crippen molar-refractivity contribution < 1.29 is 19.1 Å². The van der Waals surface area contributed by atoms with Gasteiger partial charge in [0.2, 0.25) is 0 Å². The Morgan fingerprint density at radius 2 is 1.74 bits per heavy atom. The molecule has 7 heteroatoms. The highest BCUT2D eigenvalue weighted by molar-refractivity contribution is 9.11. The van der Waals surface area contributed by atoms with E-state index in [2.05, 4.69) is 37.2 Å². The highest BCUT2D eigenvalue weighted by atomic mass is 79.9. The molecular weight excluding hydrogens is 478 g/mol. The Morgan fingerprint density at radius 3 is 2.48 bits per heavy atom. The molecule has 1 amide bonds. The predicted molar refractivity (Wildman–Crippen MR) is 110 cm³/mol. The number of fused-ring (bicyclic) bond motifs is 1. The predicted octanol–water partition coefficient (Wildman–Crippen LogP) is 4.57. The average molecular weight is 497 g/mol. The van der Waals surface area contributed by atoms with Crippen molar-refractivity contribution in [3.05, 3.63) is 56.0 Å². The zero-order valence-electron chi connectivity index (χ0n) is 14.8. The maximum Gasteiger partial charge on any atom is 0.344 e. The van der Waals surface area contributed by atoms with Crippen LogP contribution in [-0.4, -0.2) is 25.1 Å². The molecule has 0 aromatic heterocycles. The third-order valence-electron chi connectivity index (χ3n) is 4.24. The first kappa shape index (κ1) is 19.9. The van der Waals surface area contributed by atoms with Gasteiger partial charge < -0.3 is 14.8 Å². The lowest BCUT2D eigenvalue weighted by atomic mass is 10.1. The number of rotatable bonds is 6. The van der Waals surface area contributed by atoms with Crippen LogP contribution in [0.1, 0.15) is 23.1 Å². The monoisotopic (exact) mass is 495 g/mol. The summed E-state index contributed by atoms with van der Waals surface area (Å²) in [7, 11) is 0. The molecule has 1 aliphatic carbocycles. The minimum absolute atomic E-state index is 0.232. The summed E-state index contributed by atoms with van der Waals surface area (Å²) in [6.45, 7) is 1.34. The Bertz CT molecular complexity index is 859. The average Bonchev–Trinajstić information content (AvgIpc) is 3.09. The third kappa shape index (κ3) is 5.32. The molecule has 0 radical (unpaired) electrons. The van der Waals surface area contributed by atoms with Gasteiger partial charge in [0.05, 0.1) is 5.69 Å². The lowest BCUT2D eigenvalue weighted by molar-refractivity contribution is -0.149. The van der Waals surface area contributed by atoms with Gasteiger partial charge in [-0.3, -0.25) is 4.79 Å². The van der Waals surface area contributed by atoms with E-state index in [9.17, 15) is 9.59 Å². The Balaban J connectivity index is 1.46. The molecule has 0 heterocycles. The van der Waals surface area contributed by atoms with Crippen LogP contribution < -0.4 is 10.1 Å². The van der Waals surface area contributed by atoms with Crippen LogP contribution in [0, 0.1) is 6.92 Å². The van der Waals surface area contributed by atoms with Gasteiger partial charge in [-0.25, -0.2) is 4.79 Å². The number of benzene rings is 2. The Labute approximate surface area is 174 Å². The normalized spacial score (nSPS) is 12.4. The number of hydrogen-bond acceptors (Lipinski definition) is 4. The van der Waals surface area contributed by atoms with E-state index in [1.54, 1.807) is 0 Å². The molecule has 0 saturated carbocycles. The number of carbonyl (C=O) groups excluding carboxylic acids is 2. The fourth-order valence-corrected chi connectivity index (χ4v) is 4.58. The molecule has 3 rings (SSSR count). The molecule has 142 valence electrons. The standard InChI is InChI=1S/C20H19Br2NO4/c1-12-7-16(21)20(17(22)8-12)23-18(24)10-27-19(25)11-26-15-6-5-13-3-2-4-14(13)9-15/h5-9H,2-4,10-11H2,1H3,(H,23,24). The molecule has 1 aliphatic rings. The van der Waals surface area contributed by atoms with Crippen LogP contribution in [0.3, 0.4) is 0 Å². The van der Waals surface area contributed by atoms with E-state index in [4.69, 9.17) is 9.47 Å². The third-order valence-corrected chi connectivity index (χ3v) is 5.49. The van der Waals surface area contributed by atoms with Gasteiger partial charge in [-0.2, -0.15) is 0 Å². The maximum absolute atomic E-state index is 12.0. The van der Waals surface area contributed by atoms with Gasteiger partial charge >= 0.3 is 5.97 Å². The van der Waals surface area contributed by atoms with E-state index in [1.165, 1.54) is 11.1 Å². The van der Waals surface area contributed by atoms with Crippen LogP contribution in [0.4, 0.5) is 5.69 Å². The topological polar surface area (TPSA) is 64.6 Å². The van der Waals surface area contributed by atoms with Crippen molar-refractivity contribution in [2.24, 2.45) is 0 Å². The SMILES string of the molecule is Cc1cc(Br)c(NC(=O)COC(=O)COc2ccc3c(c2)CCC3)c(Br)c1. The van der Waals surface area contributed by atoms with Gasteiger partial charge in [-0.15, -0.1) is 0 Å². The highest BCUT2D eigenvalue weighted by Crippen LogP contribution is 2.32. The summed E-state index contributed by atoms with van der Waals surface area (Å²) in [5, 5.41) is 2.71. The summed E-state index contributed by atoms with van der Waals surface area (Å²) in [5.74, 6) is -0.372. The molecule has 2 aromatic rings. The summed E-state index contributed by atoms with van der Waals surface area (Å²) in [4.78, 5) is 23.9. The molecule has 0 bridgehead atoms. The lowest BCUT2D eigenvalue weighted by Crippen LogP contribution is -2.24. The molecule has 1 N–H and O–H groups in total. The van der Waals surface area contributed by atoms with E-state index in [1.807, 2.05) is 37.3 Å². The van der Waals surface area contributed by atoms with E-state index in [-0.39, 0.29) is 13.2 Å². The Morgan fingerprint density at radius 1 is 1.04 bits per heavy atom. The molecule has 0 spiro atoms. The van der Waals surface area contributed by atoms with Crippen molar-refractivity contribution in [2.45, 2.75) is 26.2 Å². The van der Waals surface area contributed by atoms with Crippen LogP contribution in [0.2, 0.25) is 0 Å². The quantitative estimate of drug-likeness (QED) is 0.595. The summed E-state index contributed by atoms with van der Waals surface area (Å²) in [6, 6.07) is 9.63. The van der Waals surface area contributed by atoms with Crippen molar-refractivity contribution in [3.63, 3.8) is 0 Å². The smallest absolute Gasteiger partial charge is 0.344 e. The molecule has 0 atom stereocenters. The van der Waals surface area contributed by atoms with Gasteiger partial charge in [0.25, 0.3) is 5.91 Å². The van der Waals surface area contributed by atoms with Crippen molar-refractivity contribution in [1.29, 1.82) is 0 Å². The number of anilines is 1. The van der Waals surface area contributed by atoms with Gasteiger partial charge in [-0.05, 0) is 99.0 Å². The van der Waals surface area contributed by atoms with Gasteiger partial charge in [0.1, 0.15) is 5.75 Å². The van der Waals surface area contributed by atoms with Crippen LogP contribution in [-0.2, 0) is 27.2 Å². The van der Waals surface area contributed by atoms with Crippen LogP contribution in [0.15, 0.2) is 39.3 Å². The maximum atomic E-state index is 12.0. The number of ether oxygens (including phenoxy) is 2. The molecule has 0 saturated heterocycles. The number of nitrogens with one attached hydrogen (secondary N) is 1. The minimum atomic E-state index is -0.590. The second-order valence-corrected chi connectivity index (χ2v) is 8.09. The summed E-state index contributed by atoms with van der Waals surface area (Å²) >= 11 is 6.81. The van der Waals surface area contributed by atoms with Gasteiger partial charge in [0, 0.05) is 8.95 Å². The van der Waals surface area contributed by atoms with Crippen LogP contribution >= 0.6 is 31.9 Å². The number of amides is 1. The fourth-order valence-electron chi connectivity index (χ4n) is 2.96. The minimum Gasteiger partial charge on any atom is -0.482 e. The van der Waals surface area contributed by atoms with E-state index in [0.717, 1.165) is 33.8 Å². The summed E-state index contributed by atoms with van der Waals surface area (Å²) in [6.07, 6.45) is 3.30. The molecule has 0 fully saturated rings. The summed E-state index contributed by atoms with van der Waals surface area (Å²) in [5.41, 5.74) is 4.25. The number of aryl methyl sites for hydroxylation is 3. The summed E-state index contributed by atoms with van der Waals surface area (Å²) < 4.78 is 11.9. The van der Waals surface area contributed by atoms with Gasteiger partial charge in [-0.1, -0.05) is 6.07 Å².